The Morgan fingerprint density at radius 3 is 2.38 bits per heavy atom. The SMILES string of the molecule is CNS(=O)(=O)CCNC(=O)N[C@@H](C)C(=O)O. The van der Waals surface area contributed by atoms with Crippen molar-refractivity contribution in [3.8, 4) is 0 Å². The molecule has 0 radical (unpaired) electrons. The van der Waals surface area contributed by atoms with Gasteiger partial charge >= 0.3 is 12.0 Å². The van der Waals surface area contributed by atoms with Crippen molar-refractivity contribution < 1.29 is 23.1 Å². The van der Waals surface area contributed by atoms with Crippen LogP contribution >= 0.6 is 0 Å². The van der Waals surface area contributed by atoms with E-state index in [9.17, 15) is 18.0 Å². The van der Waals surface area contributed by atoms with Crippen molar-refractivity contribution >= 4 is 22.0 Å². The topological polar surface area (TPSA) is 125 Å². The molecule has 0 fully saturated rings. The Morgan fingerprint density at radius 1 is 1.38 bits per heavy atom. The van der Waals surface area contributed by atoms with Gasteiger partial charge in [-0.15, -0.1) is 0 Å². The van der Waals surface area contributed by atoms with Crippen molar-refractivity contribution in [1.82, 2.24) is 15.4 Å². The van der Waals surface area contributed by atoms with Gasteiger partial charge in [-0.05, 0) is 14.0 Å². The molecule has 0 aromatic rings. The van der Waals surface area contributed by atoms with Crippen LogP contribution in [0.5, 0.6) is 0 Å². The van der Waals surface area contributed by atoms with E-state index in [1.165, 1.54) is 14.0 Å². The summed E-state index contributed by atoms with van der Waals surface area (Å²) in [6.45, 7) is 1.20. The van der Waals surface area contributed by atoms with E-state index in [-0.39, 0.29) is 12.3 Å². The normalized spacial score (nSPS) is 12.9. The van der Waals surface area contributed by atoms with Gasteiger partial charge in [-0.2, -0.15) is 0 Å². The highest BCUT2D eigenvalue weighted by atomic mass is 32.2. The van der Waals surface area contributed by atoms with E-state index in [2.05, 4.69) is 15.4 Å². The summed E-state index contributed by atoms with van der Waals surface area (Å²) in [7, 11) is -2.10. The Balaban J connectivity index is 3.88. The molecule has 0 saturated heterocycles. The van der Waals surface area contributed by atoms with Crippen LogP contribution in [0.3, 0.4) is 0 Å². The summed E-state index contributed by atoms with van der Waals surface area (Å²) in [6, 6.07) is -1.75. The standard InChI is InChI=1S/C7H15N3O5S/c1-5(6(11)12)10-7(13)9-3-4-16(14,15)8-2/h5,8H,3-4H2,1-2H3,(H,11,12)(H2,9,10,13)/t5-/m0/s1. The van der Waals surface area contributed by atoms with E-state index >= 15 is 0 Å². The molecule has 0 rings (SSSR count). The number of carbonyl (C=O) groups is 2. The van der Waals surface area contributed by atoms with Crippen LogP contribution in [0.1, 0.15) is 6.92 Å². The lowest BCUT2D eigenvalue weighted by molar-refractivity contribution is -0.138. The van der Waals surface area contributed by atoms with Crippen LogP contribution in [0.4, 0.5) is 4.79 Å². The summed E-state index contributed by atoms with van der Waals surface area (Å²) in [6.07, 6.45) is 0. The number of aliphatic carboxylic acids is 1. The molecule has 8 nitrogen and oxygen atoms in total. The Kier molecular flexibility index (Phi) is 5.75. The number of amides is 2. The van der Waals surface area contributed by atoms with Crippen LogP contribution in [0.15, 0.2) is 0 Å². The predicted molar refractivity (Wildman–Crippen MR) is 56.5 cm³/mol. The van der Waals surface area contributed by atoms with E-state index in [1.54, 1.807) is 0 Å². The van der Waals surface area contributed by atoms with Crippen LogP contribution < -0.4 is 15.4 Å². The summed E-state index contributed by atoms with van der Waals surface area (Å²) in [4.78, 5) is 21.4. The highest BCUT2D eigenvalue weighted by Gasteiger charge is 2.14. The fourth-order valence-corrected chi connectivity index (χ4v) is 1.29. The Labute approximate surface area is 93.5 Å². The van der Waals surface area contributed by atoms with Crippen molar-refractivity contribution in [3.05, 3.63) is 0 Å². The summed E-state index contributed by atoms with van der Waals surface area (Å²) in [5, 5.41) is 12.8. The summed E-state index contributed by atoms with van der Waals surface area (Å²) in [5.74, 6) is -1.43. The van der Waals surface area contributed by atoms with Crippen LogP contribution in [-0.4, -0.2) is 50.9 Å². The van der Waals surface area contributed by atoms with E-state index in [0.717, 1.165) is 0 Å². The average molecular weight is 253 g/mol. The van der Waals surface area contributed by atoms with E-state index in [4.69, 9.17) is 5.11 Å². The van der Waals surface area contributed by atoms with Crippen LogP contribution in [0.25, 0.3) is 0 Å². The molecule has 94 valence electrons. The zero-order valence-electron chi connectivity index (χ0n) is 8.98. The number of hydrogen-bond donors (Lipinski definition) is 4. The minimum atomic E-state index is -3.37. The maximum atomic E-state index is 11.0. The monoisotopic (exact) mass is 253 g/mol. The zero-order chi connectivity index (χ0) is 12.8. The molecule has 0 aliphatic carbocycles. The number of urea groups is 1. The second kappa shape index (κ2) is 6.28. The highest BCUT2D eigenvalue weighted by molar-refractivity contribution is 7.89. The average Bonchev–Trinajstić information content (AvgIpc) is 2.17. The first kappa shape index (κ1) is 14.6. The Morgan fingerprint density at radius 2 is 1.94 bits per heavy atom. The van der Waals surface area contributed by atoms with Gasteiger partial charge in [0.05, 0.1) is 5.75 Å². The molecule has 0 saturated carbocycles. The molecule has 0 bridgehead atoms. The summed E-state index contributed by atoms with van der Waals surface area (Å²) in [5.41, 5.74) is 0. The third-order valence-electron chi connectivity index (χ3n) is 1.69. The molecule has 0 heterocycles. The molecular weight excluding hydrogens is 238 g/mol. The first-order valence-electron chi connectivity index (χ1n) is 4.47. The molecule has 0 aromatic carbocycles. The molecule has 4 N–H and O–H groups in total. The molecule has 2 amide bonds. The third kappa shape index (κ3) is 6.19. The minimum Gasteiger partial charge on any atom is -0.480 e. The highest BCUT2D eigenvalue weighted by Crippen LogP contribution is 1.82. The Bertz CT molecular complexity index is 353. The van der Waals surface area contributed by atoms with Gasteiger partial charge in [-0.3, -0.25) is 4.79 Å². The molecule has 0 aromatic heterocycles. The summed E-state index contributed by atoms with van der Waals surface area (Å²) < 4.78 is 23.9. The largest absolute Gasteiger partial charge is 0.480 e. The van der Waals surface area contributed by atoms with Gasteiger partial charge in [0, 0.05) is 6.54 Å². The molecule has 16 heavy (non-hydrogen) atoms. The maximum absolute atomic E-state index is 11.0. The van der Waals surface area contributed by atoms with Gasteiger partial charge in [0.2, 0.25) is 10.0 Å². The van der Waals surface area contributed by atoms with Crippen LogP contribution in [0, 0.1) is 0 Å². The van der Waals surface area contributed by atoms with Crippen molar-refractivity contribution in [2.75, 3.05) is 19.3 Å². The number of carboxylic acid groups (broad SMARTS) is 1. The first-order chi connectivity index (χ1) is 7.28. The van der Waals surface area contributed by atoms with Gasteiger partial charge in [-0.1, -0.05) is 0 Å². The number of rotatable bonds is 6. The van der Waals surface area contributed by atoms with E-state index in [0.29, 0.717) is 0 Å². The molecular formula is C7H15N3O5S. The maximum Gasteiger partial charge on any atom is 0.325 e. The second-order valence-corrected chi connectivity index (χ2v) is 5.03. The van der Waals surface area contributed by atoms with Crippen LogP contribution in [0.2, 0.25) is 0 Å². The van der Waals surface area contributed by atoms with E-state index < -0.39 is 28.1 Å². The number of sulfonamides is 1. The number of carboxylic acids is 1. The van der Waals surface area contributed by atoms with Crippen molar-refractivity contribution in [1.29, 1.82) is 0 Å². The molecule has 9 heteroatoms. The number of carbonyl (C=O) groups excluding carboxylic acids is 1. The summed E-state index contributed by atoms with van der Waals surface area (Å²) >= 11 is 0. The van der Waals surface area contributed by atoms with Gasteiger partial charge in [0.1, 0.15) is 6.04 Å². The fourth-order valence-electron chi connectivity index (χ4n) is 0.710. The number of hydrogen-bond acceptors (Lipinski definition) is 4. The van der Waals surface area contributed by atoms with E-state index in [1.807, 2.05) is 0 Å². The van der Waals surface area contributed by atoms with Crippen LogP contribution in [-0.2, 0) is 14.8 Å². The smallest absolute Gasteiger partial charge is 0.325 e. The van der Waals surface area contributed by atoms with Crippen molar-refractivity contribution in [2.24, 2.45) is 0 Å². The molecule has 0 aliphatic heterocycles. The Hall–Kier alpha value is -1.35. The second-order valence-electron chi connectivity index (χ2n) is 2.98. The third-order valence-corrected chi connectivity index (χ3v) is 3.05. The zero-order valence-corrected chi connectivity index (χ0v) is 9.80. The van der Waals surface area contributed by atoms with Gasteiger partial charge < -0.3 is 15.7 Å². The van der Waals surface area contributed by atoms with Crippen molar-refractivity contribution in [2.45, 2.75) is 13.0 Å². The van der Waals surface area contributed by atoms with Gasteiger partial charge in [0.25, 0.3) is 0 Å². The van der Waals surface area contributed by atoms with Gasteiger partial charge in [0.15, 0.2) is 0 Å². The lowest BCUT2D eigenvalue weighted by atomic mass is 10.3. The number of nitrogens with one attached hydrogen (secondary N) is 3. The molecule has 0 spiro atoms. The fraction of sp³-hybridized carbons (Fsp3) is 0.714. The van der Waals surface area contributed by atoms with Crippen molar-refractivity contribution in [3.63, 3.8) is 0 Å². The lowest BCUT2D eigenvalue weighted by Gasteiger charge is -2.10. The molecule has 1 atom stereocenters. The molecule has 0 unspecified atom stereocenters. The molecule has 0 aliphatic rings. The lowest BCUT2D eigenvalue weighted by Crippen LogP contribution is -2.45. The van der Waals surface area contributed by atoms with Gasteiger partial charge in [-0.25, -0.2) is 17.9 Å². The quantitative estimate of drug-likeness (QED) is 0.449. The minimum absolute atomic E-state index is 0.0959. The first-order valence-corrected chi connectivity index (χ1v) is 6.12. The predicted octanol–water partition coefficient (Wildman–Crippen LogP) is -1.69.